The summed E-state index contributed by atoms with van der Waals surface area (Å²) in [4.78, 5) is 21.9. The van der Waals surface area contributed by atoms with E-state index in [0.717, 1.165) is 38.0 Å². The Morgan fingerprint density at radius 3 is 2.56 bits per heavy atom. The summed E-state index contributed by atoms with van der Waals surface area (Å²) in [5.41, 5.74) is 1.26. The van der Waals surface area contributed by atoms with Gasteiger partial charge in [0.1, 0.15) is 0 Å². The Morgan fingerprint density at radius 1 is 1.33 bits per heavy atom. The fourth-order valence-corrected chi connectivity index (χ4v) is 4.01. The maximum Gasteiger partial charge on any atom is 0.335 e. The summed E-state index contributed by atoms with van der Waals surface area (Å²) in [5, 5.41) is 16.1. The zero-order valence-electron chi connectivity index (χ0n) is 15.7. The van der Waals surface area contributed by atoms with Crippen LogP contribution in [-0.2, 0) is 21.2 Å². The third-order valence-electron chi connectivity index (χ3n) is 4.56. The zero-order valence-corrected chi connectivity index (χ0v) is 16.6. The number of carboxylic acids is 1. The number of sulfonamides is 1. The number of carbonyl (C=O) groups is 2. The summed E-state index contributed by atoms with van der Waals surface area (Å²) in [6, 6.07) is 7.16. The van der Waals surface area contributed by atoms with Gasteiger partial charge in [0.15, 0.2) is 0 Å². The summed E-state index contributed by atoms with van der Waals surface area (Å²) in [5.74, 6) is -0.284. The average Bonchev–Trinajstić information content (AvgIpc) is 3.03. The SMILES string of the molecule is CN(C)S(=O)(=O)CCCN1CCC(Cc2ccccc2C(=O)O)C1.O=CO. The lowest BCUT2D eigenvalue weighted by atomic mass is 9.95. The molecule has 0 aromatic heterocycles. The van der Waals surface area contributed by atoms with Crippen molar-refractivity contribution in [2.75, 3.05) is 39.5 Å². The van der Waals surface area contributed by atoms with Gasteiger partial charge in [0, 0.05) is 20.6 Å². The first-order chi connectivity index (χ1) is 12.7. The molecule has 1 unspecified atom stereocenters. The number of benzene rings is 1. The highest BCUT2D eigenvalue weighted by Crippen LogP contribution is 2.23. The molecular formula is C18H28N2O6S. The van der Waals surface area contributed by atoms with E-state index in [9.17, 15) is 18.3 Å². The van der Waals surface area contributed by atoms with E-state index in [1.165, 1.54) is 4.31 Å². The molecule has 2 N–H and O–H groups in total. The minimum atomic E-state index is -3.13. The van der Waals surface area contributed by atoms with E-state index in [0.29, 0.717) is 17.9 Å². The fraction of sp³-hybridized carbons (Fsp3) is 0.556. The largest absolute Gasteiger partial charge is 0.483 e. The molecule has 9 heteroatoms. The second-order valence-corrected chi connectivity index (χ2v) is 8.98. The summed E-state index contributed by atoms with van der Waals surface area (Å²) < 4.78 is 24.8. The molecule has 1 aromatic rings. The first-order valence-electron chi connectivity index (χ1n) is 8.72. The topological polar surface area (TPSA) is 115 Å². The summed E-state index contributed by atoms with van der Waals surface area (Å²) in [7, 11) is -0.0124. The van der Waals surface area contributed by atoms with Crippen molar-refractivity contribution in [2.45, 2.75) is 19.3 Å². The normalized spacial score (nSPS) is 17.4. The molecule has 1 aliphatic rings. The first kappa shape index (κ1) is 23.1. The number of likely N-dealkylation sites (tertiary alicyclic amines) is 1. The van der Waals surface area contributed by atoms with E-state index in [1.54, 1.807) is 26.2 Å². The van der Waals surface area contributed by atoms with Crippen LogP contribution < -0.4 is 0 Å². The van der Waals surface area contributed by atoms with Crippen molar-refractivity contribution in [3.05, 3.63) is 35.4 Å². The van der Waals surface area contributed by atoms with Gasteiger partial charge < -0.3 is 15.1 Å². The molecule has 0 saturated carbocycles. The van der Waals surface area contributed by atoms with Crippen molar-refractivity contribution in [1.29, 1.82) is 0 Å². The third kappa shape index (κ3) is 7.66. The van der Waals surface area contributed by atoms with Gasteiger partial charge in [-0.2, -0.15) is 0 Å². The Kier molecular flexibility index (Phi) is 9.40. The third-order valence-corrected chi connectivity index (χ3v) is 6.48. The van der Waals surface area contributed by atoms with Gasteiger partial charge in [-0.25, -0.2) is 17.5 Å². The Morgan fingerprint density at radius 2 is 1.96 bits per heavy atom. The summed E-state index contributed by atoms with van der Waals surface area (Å²) in [6.07, 6.45) is 2.41. The van der Waals surface area contributed by atoms with Crippen LogP contribution in [0, 0.1) is 5.92 Å². The highest BCUT2D eigenvalue weighted by molar-refractivity contribution is 7.89. The lowest BCUT2D eigenvalue weighted by Gasteiger charge is -2.17. The van der Waals surface area contributed by atoms with Crippen molar-refractivity contribution in [3.63, 3.8) is 0 Å². The van der Waals surface area contributed by atoms with Crippen LogP contribution in [0.25, 0.3) is 0 Å². The Bertz CT molecular complexity index is 720. The van der Waals surface area contributed by atoms with Crippen molar-refractivity contribution in [3.8, 4) is 0 Å². The van der Waals surface area contributed by atoms with Gasteiger partial charge in [0.05, 0.1) is 11.3 Å². The van der Waals surface area contributed by atoms with Crippen LogP contribution in [-0.4, -0.2) is 79.8 Å². The number of carboxylic acid groups (broad SMARTS) is 2. The molecule has 1 saturated heterocycles. The predicted octanol–water partition coefficient (Wildman–Crippen LogP) is 1.23. The molecule has 1 aromatic carbocycles. The molecular weight excluding hydrogens is 372 g/mol. The Hall–Kier alpha value is -1.97. The molecule has 0 bridgehead atoms. The molecule has 0 amide bonds. The average molecular weight is 400 g/mol. The van der Waals surface area contributed by atoms with Gasteiger partial charge in [-0.05, 0) is 49.9 Å². The smallest absolute Gasteiger partial charge is 0.335 e. The van der Waals surface area contributed by atoms with Crippen LogP contribution in [0.2, 0.25) is 0 Å². The maximum absolute atomic E-state index is 11.8. The van der Waals surface area contributed by atoms with Gasteiger partial charge in [0.25, 0.3) is 6.47 Å². The van der Waals surface area contributed by atoms with Crippen LogP contribution in [0.3, 0.4) is 0 Å². The van der Waals surface area contributed by atoms with Gasteiger partial charge >= 0.3 is 5.97 Å². The highest BCUT2D eigenvalue weighted by Gasteiger charge is 2.24. The van der Waals surface area contributed by atoms with Gasteiger partial charge in [-0.3, -0.25) is 4.79 Å². The van der Waals surface area contributed by atoms with Crippen LogP contribution >= 0.6 is 0 Å². The number of hydrogen-bond donors (Lipinski definition) is 2. The second-order valence-electron chi connectivity index (χ2n) is 6.68. The van der Waals surface area contributed by atoms with Crippen LogP contribution in [0.5, 0.6) is 0 Å². The van der Waals surface area contributed by atoms with E-state index in [-0.39, 0.29) is 12.2 Å². The number of hydrogen-bond acceptors (Lipinski definition) is 5. The molecule has 2 rings (SSSR count). The molecule has 152 valence electrons. The lowest BCUT2D eigenvalue weighted by molar-refractivity contribution is -0.122. The molecule has 27 heavy (non-hydrogen) atoms. The molecule has 1 heterocycles. The lowest BCUT2D eigenvalue weighted by Crippen LogP contribution is -2.29. The van der Waals surface area contributed by atoms with Crippen molar-refractivity contribution in [2.24, 2.45) is 5.92 Å². The van der Waals surface area contributed by atoms with E-state index in [2.05, 4.69) is 4.90 Å². The molecule has 1 aliphatic heterocycles. The van der Waals surface area contributed by atoms with E-state index < -0.39 is 16.0 Å². The van der Waals surface area contributed by atoms with Gasteiger partial charge in [-0.1, -0.05) is 18.2 Å². The molecule has 8 nitrogen and oxygen atoms in total. The molecule has 0 radical (unpaired) electrons. The molecule has 0 aliphatic carbocycles. The van der Waals surface area contributed by atoms with E-state index >= 15 is 0 Å². The number of nitrogens with zero attached hydrogens (tertiary/aromatic N) is 2. The fourth-order valence-electron chi connectivity index (χ4n) is 3.15. The van der Waals surface area contributed by atoms with E-state index in [4.69, 9.17) is 9.90 Å². The monoisotopic (exact) mass is 400 g/mol. The molecule has 1 fully saturated rings. The quantitative estimate of drug-likeness (QED) is 0.631. The van der Waals surface area contributed by atoms with Crippen LogP contribution in [0.1, 0.15) is 28.8 Å². The number of aromatic carboxylic acids is 1. The van der Waals surface area contributed by atoms with Gasteiger partial charge in [-0.15, -0.1) is 0 Å². The minimum absolute atomic E-state index is 0.170. The van der Waals surface area contributed by atoms with Crippen molar-refractivity contribution in [1.82, 2.24) is 9.21 Å². The van der Waals surface area contributed by atoms with Gasteiger partial charge in [0.2, 0.25) is 10.0 Å². The second kappa shape index (κ2) is 11.0. The minimum Gasteiger partial charge on any atom is -0.483 e. The summed E-state index contributed by atoms with van der Waals surface area (Å²) in [6.45, 7) is 2.36. The maximum atomic E-state index is 11.8. The first-order valence-corrected chi connectivity index (χ1v) is 10.3. The predicted molar refractivity (Wildman–Crippen MR) is 102 cm³/mol. The number of rotatable bonds is 8. The van der Waals surface area contributed by atoms with Crippen molar-refractivity contribution >= 4 is 22.5 Å². The Balaban J connectivity index is 0.00000114. The van der Waals surface area contributed by atoms with Crippen LogP contribution in [0.4, 0.5) is 0 Å². The summed E-state index contributed by atoms with van der Waals surface area (Å²) >= 11 is 0. The molecule has 1 atom stereocenters. The van der Waals surface area contributed by atoms with E-state index in [1.807, 2.05) is 12.1 Å². The standard InChI is InChI=1S/C17H26N2O4S.CH2O2/c1-18(2)24(22,23)11-5-9-19-10-8-14(13-19)12-15-6-3-4-7-16(15)17(20)21;2-1-3/h3-4,6-7,14H,5,8-13H2,1-2H3,(H,20,21);1H,(H,2,3). The van der Waals surface area contributed by atoms with Crippen molar-refractivity contribution < 1.29 is 28.2 Å². The Labute approximate surface area is 160 Å². The highest BCUT2D eigenvalue weighted by atomic mass is 32.2. The molecule has 0 spiro atoms. The zero-order chi connectivity index (χ0) is 20.4. The van der Waals surface area contributed by atoms with Crippen LogP contribution in [0.15, 0.2) is 24.3 Å².